The van der Waals surface area contributed by atoms with Crippen LogP contribution in [0, 0.1) is 11.3 Å². The Morgan fingerprint density at radius 2 is 1.33 bits per heavy atom. The first kappa shape index (κ1) is 31.4. The molecule has 1 atom stereocenters. The number of ether oxygens (including phenoxy) is 1. The Labute approximate surface area is 253 Å². The molecular weight excluding hydrogens is 514 g/mol. The molecule has 4 rings (SSSR count). The van der Waals surface area contributed by atoms with Crippen LogP contribution >= 0.6 is 0 Å². The van der Waals surface area contributed by atoms with Gasteiger partial charge >= 0.3 is 0 Å². The smallest absolute Gasteiger partial charge is 0.135 e. The highest BCUT2D eigenvalue weighted by Crippen LogP contribution is 2.36. The summed E-state index contributed by atoms with van der Waals surface area (Å²) in [5, 5.41) is 11.1. The summed E-state index contributed by atoms with van der Waals surface area (Å²) in [7, 11) is 0. The SMILES string of the molecule is CCCCCCCCOc1ccc(-c2cccc3oc(-c4ccc(C(C)(C#N)CCCCCCCC)cc4)cc23)cc1. The molecule has 3 nitrogen and oxygen atoms in total. The quantitative estimate of drug-likeness (QED) is 0.113. The average molecular weight is 564 g/mol. The second-order valence-electron chi connectivity index (χ2n) is 12.0. The molecule has 222 valence electrons. The third kappa shape index (κ3) is 8.51. The summed E-state index contributed by atoms with van der Waals surface area (Å²) in [6.45, 7) is 7.35. The number of furan rings is 1. The molecular formula is C39H49NO2. The summed E-state index contributed by atoms with van der Waals surface area (Å²) in [5.41, 5.74) is 4.82. The molecule has 0 aliphatic heterocycles. The summed E-state index contributed by atoms with van der Waals surface area (Å²) in [4.78, 5) is 0. The number of unbranched alkanes of at least 4 members (excludes halogenated alkanes) is 10. The van der Waals surface area contributed by atoms with Crippen LogP contribution in [0.1, 0.15) is 110 Å². The lowest BCUT2D eigenvalue weighted by molar-refractivity contribution is 0.304. The highest BCUT2D eigenvalue weighted by molar-refractivity contribution is 5.96. The van der Waals surface area contributed by atoms with E-state index in [1.807, 2.05) is 6.07 Å². The molecule has 0 saturated carbocycles. The van der Waals surface area contributed by atoms with Crippen molar-refractivity contribution in [3.63, 3.8) is 0 Å². The number of hydrogen-bond donors (Lipinski definition) is 0. The Morgan fingerprint density at radius 1 is 0.714 bits per heavy atom. The van der Waals surface area contributed by atoms with E-state index in [4.69, 9.17) is 9.15 Å². The van der Waals surface area contributed by atoms with Gasteiger partial charge in [-0.05, 0) is 60.7 Å². The highest BCUT2D eigenvalue weighted by atomic mass is 16.5. The molecule has 0 aliphatic carbocycles. The van der Waals surface area contributed by atoms with E-state index in [0.29, 0.717) is 0 Å². The molecule has 0 spiro atoms. The Bertz CT molecular complexity index is 1390. The minimum absolute atomic E-state index is 0.463. The van der Waals surface area contributed by atoms with Gasteiger partial charge in [-0.2, -0.15) is 5.26 Å². The van der Waals surface area contributed by atoms with Gasteiger partial charge in [-0.25, -0.2) is 0 Å². The van der Waals surface area contributed by atoms with Crippen molar-refractivity contribution in [2.24, 2.45) is 0 Å². The zero-order valence-electron chi connectivity index (χ0n) is 26.1. The van der Waals surface area contributed by atoms with Crippen LogP contribution in [-0.2, 0) is 5.41 Å². The van der Waals surface area contributed by atoms with Crippen molar-refractivity contribution in [1.82, 2.24) is 0 Å². The molecule has 0 radical (unpaired) electrons. The summed E-state index contributed by atoms with van der Waals surface area (Å²) >= 11 is 0. The lowest BCUT2D eigenvalue weighted by Gasteiger charge is -2.22. The van der Waals surface area contributed by atoms with Gasteiger partial charge in [0.2, 0.25) is 0 Å². The van der Waals surface area contributed by atoms with Gasteiger partial charge in [0, 0.05) is 10.9 Å². The lowest BCUT2D eigenvalue weighted by Crippen LogP contribution is -2.19. The minimum atomic E-state index is -0.463. The Morgan fingerprint density at radius 3 is 2.00 bits per heavy atom. The fourth-order valence-electron chi connectivity index (χ4n) is 5.78. The van der Waals surface area contributed by atoms with E-state index in [9.17, 15) is 5.26 Å². The van der Waals surface area contributed by atoms with Gasteiger partial charge in [-0.1, -0.05) is 133 Å². The number of benzene rings is 3. The van der Waals surface area contributed by atoms with Crippen molar-refractivity contribution < 1.29 is 9.15 Å². The van der Waals surface area contributed by atoms with Gasteiger partial charge in [0.1, 0.15) is 17.1 Å². The fraction of sp³-hybridized carbons (Fsp3) is 0.462. The van der Waals surface area contributed by atoms with E-state index in [-0.39, 0.29) is 0 Å². The molecule has 0 fully saturated rings. The summed E-state index contributed by atoms with van der Waals surface area (Å²) in [6, 6.07) is 27.8. The first-order valence-electron chi connectivity index (χ1n) is 16.4. The van der Waals surface area contributed by atoms with Crippen molar-refractivity contribution in [2.45, 2.75) is 110 Å². The summed E-state index contributed by atoms with van der Waals surface area (Å²) in [6.07, 6.45) is 15.9. The van der Waals surface area contributed by atoms with Crippen molar-refractivity contribution >= 4 is 11.0 Å². The van der Waals surface area contributed by atoms with E-state index in [1.165, 1.54) is 64.2 Å². The zero-order chi connectivity index (χ0) is 29.6. The van der Waals surface area contributed by atoms with E-state index in [2.05, 4.69) is 93.6 Å². The second kappa shape index (κ2) is 16.2. The summed E-state index contributed by atoms with van der Waals surface area (Å²) < 4.78 is 12.3. The van der Waals surface area contributed by atoms with Gasteiger partial charge in [0.15, 0.2) is 0 Å². The maximum atomic E-state index is 10.0. The molecule has 42 heavy (non-hydrogen) atoms. The number of rotatable bonds is 18. The molecule has 0 N–H and O–H groups in total. The van der Waals surface area contributed by atoms with Crippen LogP contribution in [0.4, 0.5) is 0 Å². The zero-order valence-corrected chi connectivity index (χ0v) is 26.1. The predicted octanol–water partition coefficient (Wildman–Crippen LogP) is 12.0. The van der Waals surface area contributed by atoms with Crippen LogP contribution in [0.25, 0.3) is 33.4 Å². The van der Waals surface area contributed by atoms with E-state index in [1.54, 1.807) is 0 Å². The fourth-order valence-corrected chi connectivity index (χ4v) is 5.78. The van der Waals surface area contributed by atoms with E-state index < -0.39 is 5.41 Å². The van der Waals surface area contributed by atoms with E-state index >= 15 is 0 Å². The van der Waals surface area contributed by atoms with Gasteiger partial charge in [0.05, 0.1) is 18.1 Å². The monoisotopic (exact) mass is 563 g/mol. The molecule has 4 aromatic rings. The molecule has 1 aromatic heterocycles. The lowest BCUT2D eigenvalue weighted by atomic mass is 9.79. The van der Waals surface area contributed by atoms with Crippen LogP contribution in [0.5, 0.6) is 5.75 Å². The normalized spacial score (nSPS) is 12.7. The molecule has 0 bridgehead atoms. The van der Waals surface area contributed by atoms with Crippen molar-refractivity contribution in [3.8, 4) is 34.3 Å². The number of nitriles is 1. The third-order valence-electron chi connectivity index (χ3n) is 8.58. The van der Waals surface area contributed by atoms with Crippen LogP contribution in [0.3, 0.4) is 0 Å². The molecule has 0 saturated heterocycles. The number of fused-ring (bicyclic) bond motifs is 1. The molecule has 0 aliphatic rings. The standard InChI is InChI=1S/C39H49NO2/c1-4-6-8-10-12-14-27-39(3,30-40)33-23-19-32(20-24-33)38-29-36-35(17-16-18-37(36)42-38)31-21-25-34(26-22-31)41-28-15-13-11-9-7-5-2/h16-26,29H,4-15,27-28H2,1-3H3. The third-order valence-corrected chi connectivity index (χ3v) is 8.58. The van der Waals surface area contributed by atoms with Gasteiger partial charge < -0.3 is 9.15 Å². The van der Waals surface area contributed by atoms with Crippen LogP contribution < -0.4 is 4.74 Å². The van der Waals surface area contributed by atoms with Gasteiger partial charge in [0.25, 0.3) is 0 Å². The predicted molar refractivity (Wildman–Crippen MR) is 177 cm³/mol. The second-order valence-corrected chi connectivity index (χ2v) is 12.0. The number of nitrogens with zero attached hydrogens (tertiary/aromatic N) is 1. The Hall–Kier alpha value is -3.51. The Kier molecular flexibility index (Phi) is 12.1. The van der Waals surface area contributed by atoms with Gasteiger partial charge in [-0.3, -0.25) is 0 Å². The van der Waals surface area contributed by atoms with Crippen molar-refractivity contribution in [2.75, 3.05) is 6.61 Å². The molecule has 3 aromatic carbocycles. The molecule has 0 amide bonds. The number of hydrogen-bond acceptors (Lipinski definition) is 3. The maximum Gasteiger partial charge on any atom is 0.135 e. The average Bonchev–Trinajstić information content (AvgIpc) is 3.47. The summed E-state index contributed by atoms with van der Waals surface area (Å²) in [5.74, 6) is 1.77. The van der Waals surface area contributed by atoms with Crippen LogP contribution in [0.15, 0.2) is 77.2 Å². The van der Waals surface area contributed by atoms with E-state index in [0.717, 1.165) is 70.6 Å². The van der Waals surface area contributed by atoms with Gasteiger partial charge in [-0.15, -0.1) is 0 Å². The Balaban J connectivity index is 1.40. The molecule has 1 unspecified atom stereocenters. The molecule has 3 heteroatoms. The topological polar surface area (TPSA) is 46.2 Å². The molecule has 1 heterocycles. The van der Waals surface area contributed by atoms with Crippen LogP contribution in [0.2, 0.25) is 0 Å². The largest absolute Gasteiger partial charge is 0.494 e. The van der Waals surface area contributed by atoms with Crippen molar-refractivity contribution in [1.29, 1.82) is 5.26 Å². The minimum Gasteiger partial charge on any atom is -0.494 e. The van der Waals surface area contributed by atoms with Crippen LogP contribution in [-0.4, -0.2) is 6.61 Å². The maximum absolute atomic E-state index is 10.0. The highest BCUT2D eigenvalue weighted by Gasteiger charge is 2.26. The first-order chi connectivity index (χ1) is 20.6. The van der Waals surface area contributed by atoms with Crippen molar-refractivity contribution in [3.05, 3.63) is 78.4 Å². The first-order valence-corrected chi connectivity index (χ1v) is 16.4.